The topological polar surface area (TPSA) is 46.3 Å². The molecule has 0 heterocycles. The predicted octanol–water partition coefficient (Wildman–Crippen LogP) is -0.298. The van der Waals surface area contributed by atoms with E-state index in [0.717, 1.165) is 0 Å². The summed E-state index contributed by atoms with van der Waals surface area (Å²) in [6, 6.07) is -0.222. The van der Waals surface area contributed by atoms with Gasteiger partial charge in [-0.2, -0.15) is 0 Å². The first kappa shape index (κ1) is 8.85. The molecule has 0 aromatic rings. The third kappa shape index (κ3) is 2.99. The summed E-state index contributed by atoms with van der Waals surface area (Å²) in [6.07, 6.45) is 0. The Kier molecular flexibility index (Phi) is 5.20. The summed E-state index contributed by atoms with van der Waals surface area (Å²) < 4.78 is 1.82. The van der Waals surface area contributed by atoms with E-state index >= 15 is 0 Å². The first-order valence-corrected chi connectivity index (χ1v) is 8.64. The van der Waals surface area contributed by atoms with Gasteiger partial charge in [-0.15, -0.1) is 0 Å². The number of carbonyl (C=O) groups is 1. The molecule has 0 rings (SSSR count). The fourth-order valence-electron chi connectivity index (χ4n) is 0.254. The van der Waals surface area contributed by atoms with Crippen molar-refractivity contribution in [3.63, 3.8) is 0 Å². The van der Waals surface area contributed by atoms with Gasteiger partial charge in [-0.1, -0.05) is 0 Å². The van der Waals surface area contributed by atoms with Crippen LogP contribution in [-0.2, 0) is 0 Å². The normalized spacial score (nSPS) is 8.75. The fraction of sp³-hybridized carbons (Fsp3) is 0.667. The summed E-state index contributed by atoms with van der Waals surface area (Å²) in [7, 11) is 0. The van der Waals surface area contributed by atoms with E-state index < -0.39 is 0 Å². The number of hydrogen-bond donors (Lipinski definition) is 1. The van der Waals surface area contributed by atoms with Gasteiger partial charge in [-0.25, -0.2) is 0 Å². The summed E-state index contributed by atoms with van der Waals surface area (Å²) >= 11 is -0.470. The monoisotopic (exact) mass is 348 g/mol. The van der Waals surface area contributed by atoms with E-state index in [2.05, 4.69) is 9.94 Å². The van der Waals surface area contributed by atoms with Crippen LogP contribution in [0.15, 0.2) is 0 Å². The van der Waals surface area contributed by atoms with Crippen LogP contribution in [0.1, 0.15) is 0 Å². The van der Waals surface area contributed by atoms with Crippen LogP contribution in [0.4, 0.5) is 4.79 Å². The molecule has 0 aliphatic heterocycles. The standard InChI is InChI=1S/C3H8N2OTe2/c1-7-5(8-2)3(4)6/h1-2H3,(H2,4,6). The van der Waals surface area contributed by atoms with Gasteiger partial charge in [0.25, 0.3) is 0 Å². The molecule has 0 aromatic carbocycles. The number of urea groups is 1. The number of nitrogens with two attached hydrogens (primary N) is 1. The molecule has 0 bridgehead atoms. The van der Waals surface area contributed by atoms with Crippen molar-refractivity contribution >= 4 is 48.4 Å². The number of amides is 2. The quantitative estimate of drug-likeness (QED) is 0.688. The van der Waals surface area contributed by atoms with Crippen molar-refractivity contribution in [1.29, 1.82) is 0 Å². The van der Waals surface area contributed by atoms with Gasteiger partial charge < -0.3 is 0 Å². The zero-order valence-corrected chi connectivity index (χ0v) is 9.41. The van der Waals surface area contributed by atoms with Crippen LogP contribution >= 0.6 is 0 Å². The second-order valence-corrected chi connectivity index (χ2v) is 7.37. The minimum absolute atomic E-state index is 0.222. The van der Waals surface area contributed by atoms with Gasteiger partial charge in [-0.05, 0) is 0 Å². The van der Waals surface area contributed by atoms with E-state index in [1.54, 1.807) is 0 Å². The maximum absolute atomic E-state index is 10.4. The SMILES string of the molecule is C[Te]N([Te]C)C(N)=O. The molecule has 0 aromatic heterocycles. The zero-order chi connectivity index (χ0) is 6.57. The molecule has 2 N–H and O–H groups in total. The molecule has 3 nitrogen and oxygen atoms in total. The molecular weight excluding hydrogens is 335 g/mol. The van der Waals surface area contributed by atoms with Gasteiger partial charge >= 0.3 is 70.3 Å². The van der Waals surface area contributed by atoms with Crippen LogP contribution in [-0.4, -0.2) is 49.8 Å². The van der Waals surface area contributed by atoms with E-state index in [4.69, 9.17) is 5.73 Å². The Labute approximate surface area is 69.8 Å². The summed E-state index contributed by atoms with van der Waals surface area (Å²) in [5, 5.41) is 0. The Bertz CT molecular complexity index is 83.4. The molecule has 0 atom stereocenters. The van der Waals surface area contributed by atoms with Gasteiger partial charge in [-0.3, -0.25) is 0 Å². The second kappa shape index (κ2) is 4.70. The van der Waals surface area contributed by atoms with Crippen molar-refractivity contribution in [2.45, 2.75) is 9.94 Å². The van der Waals surface area contributed by atoms with E-state index in [1.807, 2.05) is 1.40 Å². The Morgan fingerprint density at radius 2 is 1.88 bits per heavy atom. The summed E-state index contributed by atoms with van der Waals surface area (Å²) in [4.78, 5) is 14.5. The predicted molar refractivity (Wildman–Crippen MR) is 34.7 cm³/mol. The van der Waals surface area contributed by atoms with Gasteiger partial charge in [0.1, 0.15) is 0 Å². The van der Waals surface area contributed by atoms with Crippen molar-refractivity contribution in [2.75, 3.05) is 0 Å². The number of carbonyl (C=O) groups excluding carboxylic acids is 1. The fourth-order valence-corrected chi connectivity index (χ4v) is 4.56. The number of rotatable bonds is 2. The average Bonchev–Trinajstić information content (AvgIpc) is 1.69. The van der Waals surface area contributed by atoms with Crippen LogP contribution < -0.4 is 5.73 Å². The first-order valence-electron chi connectivity index (χ1n) is 1.90. The summed E-state index contributed by atoms with van der Waals surface area (Å²) in [5.74, 6) is 0. The average molecular weight is 343 g/mol. The van der Waals surface area contributed by atoms with Crippen molar-refractivity contribution in [2.24, 2.45) is 5.73 Å². The first-order chi connectivity index (χ1) is 3.72. The Morgan fingerprint density at radius 1 is 1.50 bits per heavy atom. The van der Waals surface area contributed by atoms with Crippen LogP contribution in [0.25, 0.3) is 0 Å². The third-order valence-corrected chi connectivity index (χ3v) is 9.14. The van der Waals surface area contributed by atoms with Crippen molar-refractivity contribution in [1.82, 2.24) is 1.40 Å². The minimum atomic E-state index is -0.235. The van der Waals surface area contributed by atoms with E-state index in [0.29, 0.717) is 0 Å². The van der Waals surface area contributed by atoms with Crippen LogP contribution in [0.3, 0.4) is 0 Å². The molecule has 0 unspecified atom stereocenters. The Balaban J connectivity index is 3.52. The van der Waals surface area contributed by atoms with Crippen molar-refractivity contribution in [3.05, 3.63) is 0 Å². The van der Waals surface area contributed by atoms with Crippen molar-refractivity contribution in [3.8, 4) is 0 Å². The third-order valence-electron chi connectivity index (χ3n) is 0.512. The van der Waals surface area contributed by atoms with Crippen molar-refractivity contribution < 1.29 is 4.79 Å². The molecule has 0 aliphatic rings. The second-order valence-electron chi connectivity index (χ2n) is 0.960. The van der Waals surface area contributed by atoms with E-state index in [9.17, 15) is 4.79 Å². The summed E-state index contributed by atoms with van der Waals surface area (Å²) in [5.41, 5.74) is 5.01. The van der Waals surface area contributed by atoms with Gasteiger partial charge in [0, 0.05) is 0 Å². The molecule has 48 valence electrons. The molecule has 8 heavy (non-hydrogen) atoms. The molecule has 0 spiro atoms. The van der Waals surface area contributed by atoms with Gasteiger partial charge in [0.2, 0.25) is 0 Å². The Morgan fingerprint density at radius 3 is 1.88 bits per heavy atom. The number of primary amides is 1. The molecule has 0 fully saturated rings. The molecule has 2 amide bonds. The molecule has 0 radical (unpaired) electrons. The zero-order valence-electron chi connectivity index (χ0n) is 4.75. The Hall–Kier alpha value is 0.849. The van der Waals surface area contributed by atoms with Gasteiger partial charge in [0.15, 0.2) is 0 Å². The molecule has 5 heteroatoms. The molecule has 0 aliphatic carbocycles. The van der Waals surface area contributed by atoms with Crippen LogP contribution in [0, 0.1) is 0 Å². The van der Waals surface area contributed by atoms with E-state index in [1.165, 1.54) is 0 Å². The molecule has 0 saturated carbocycles. The molecule has 0 saturated heterocycles. The van der Waals surface area contributed by atoms with Gasteiger partial charge in [0.05, 0.1) is 0 Å². The molecular formula is C3H8N2OTe2. The summed E-state index contributed by atoms with van der Waals surface area (Å²) in [6.45, 7) is 0. The van der Waals surface area contributed by atoms with E-state index in [-0.39, 0.29) is 48.4 Å². The number of hydrogen-bond acceptors (Lipinski definition) is 1. The number of nitrogens with zero attached hydrogens (tertiary/aromatic N) is 1. The maximum atomic E-state index is 10.4. The van der Waals surface area contributed by atoms with Crippen LogP contribution in [0.5, 0.6) is 0 Å². The van der Waals surface area contributed by atoms with Crippen LogP contribution in [0.2, 0.25) is 9.94 Å².